The summed E-state index contributed by atoms with van der Waals surface area (Å²) >= 11 is 5.89. The maximum atomic E-state index is 13.2. The van der Waals surface area contributed by atoms with E-state index in [0.29, 0.717) is 10.6 Å². The lowest BCUT2D eigenvalue weighted by molar-refractivity contribution is 0.145. The summed E-state index contributed by atoms with van der Waals surface area (Å²) in [6.45, 7) is 2.73. The number of halogens is 3. The van der Waals surface area contributed by atoms with Crippen LogP contribution in [-0.4, -0.2) is 42.9 Å². The Morgan fingerprint density at radius 1 is 1.39 bits per heavy atom. The van der Waals surface area contributed by atoms with Gasteiger partial charge in [0.1, 0.15) is 12.4 Å². The van der Waals surface area contributed by atoms with E-state index in [2.05, 4.69) is 5.32 Å². The molecule has 2 rings (SSSR count). The number of piperazine rings is 1. The molecule has 18 heavy (non-hydrogen) atoms. The van der Waals surface area contributed by atoms with Crippen LogP contribution in [0, 0.1) is 0 Å². The average molecular weight is 295 g/mol. The van der Waals surface area contributed by atoms with E-state index in [1.807, 2.05) is 4.90 Å². The molecule has 0 spiro atoms. The van der Waals surface area contributed by atoms with Crippen molar-refractivity contribution in [1.82, 2.24) is 10.2 Å². The van der Waals surface area contributed by atoms with Gasteiger partial charge in [0.15, 0.2) is 0 Å². The molecule has 0 unspecified atom stereocenters. The van der Waals surface area contributed by atoms with E-state index >= 15 is 0 Å². The highest BCUT2D eigenvalue weighted by Crippen LogP contribution is 2.31. The molecule has 1 aromatic rings. The zero-order chi connectivity index (χ0) is 12.3. The SMILES string of the molecule is Cl.Oc1ccc(Cl)cc1[C@@H](CF)N1CCNCC1. The molecule has 1 fully saturated rings. The van der Waals surface area contributed by atoms with Crippen LogP contribution in [-0.2, 0) is 0 Å². The first kappa shape index (κ1) is 15.5. The van der Waals surface area contributed by atoms with Crippen molar-refractivity contribution in [2.75, 3.05) is 32.9 Å². The second kappa shape index (κ2) is 7.14. The summed E-state index contributed by atoms with van der Waals surface area (Å²) in [7, 11) is 0. The summed E-state index contributed by atoms with van der Waals surface area (Å²) in [4.78, 5) is 2.03. The van der Waals surface area contributed by atoms with E-state index in [1.165, 1.54) is 6.07 Å². The van der Waals surface area contributed by atoms with Gasteiger partial charge in [-0.25, -0.2) is 4.39 Å². The molecule has 3 nitrogen and oxygen atoms in total. The first-order valence-electron chi connectivity index (χ1n) is 5.71. The predicted octanol–water partition coefficient (Wildman–Crippen LogP) is 2.38. The van der Waals surface area contributed by atoms with Gasteiger partial charge in [-0.15, -0.1) is 12.4 Å². The molecular weight excluding hydrogens is 278 g/mol. The molecular formula is C12H17Cl2FN2O. The molecule has 102 valence electrons. The fourth-order valence-electron chi connectivity index (χ4n) is 2.16. The third kappa shape index (κ3) is 3.48. The average Bonchev–Trinajstić information content (AvgIpc) is 2.36. The minimum Gasteiger partial charge on any atom is -0.508 e. The lowest BCUT2D eigenvalue weighted by atomic mass is 10.0. The van der Waals surface area contributed by atoms with Crippen molar-refractivity contribution in [3.05, 3.63) is 28.8 Å². The maximum absolute atomic E-state index is 13.2. The third-order valence-electron chi connectivity index (χ3n) is 3.09. The number of hydrogen-bond acceptors (Lipinski definition) is 3. The third-order valence-corrected chi connectivity index (χ3v) is 3.32. The highest BCUT2D eigenvalue weighted by molar-refractivity contribution is 6.30. The zero-order valence-corrected chi connectivity index (χ0v) is 11.5. The maximum Gasteiger partial charge on any atom is 0.120 e. The number of phenolic OH excluding ortho intramolecular Hbond substituents is 1. The van der Waals surface area contributed by atoms with Gasteiger partial charge < -0.3 is 10.4 Å². The highest BCUT2D eigenvalue weighted by atomic mass is 35.5. The quantitative estimate of drug-likeness (QED) is 0.899. The Hall–Kier alpha value is -0.550. The smallest absolute Gasteiger partial charge is 0.120 e. The molecule has 6 heteroatoms. The van der Waals surface area contributed by atoms with Crippen LogP contribution in [0.3, 0.4) is 0 Å². The Balaban J connectivity index is 0.00000162. The molecule has 2 N–H and O–H groups in total. The van der Waals surface area contributed by atoms with Crippen molar-refractivity contribution in [3.8, 4) is 5.75 Å². The predicted molar refractivity (Wildman–Crippen MR) is 73.5 cm³/mol. The fourth-order valence-corrected chi connectivity index (χ4v) is 2.34. The van der Waals surface area contributed by atoms with Gasteiger partial charge in [0.2, 0.25) is 0 Å². The lowest BCUT2D eigenvalue weighted by Gasteiger charge is -2.33. The Morgan fingerprint density at radius 3 is 2.67 bits per heavy atom. The monoisotopic (exact) mass is 294 g/mol. The zero-order valence-electron chi connectivity index (χ0n) is 9.90. The van der Waals surface area contributed by atoms with Gasteiger partial charge in [0, 0.05) is 36.8 Å². The highest BCUT2D eigenvalue weighted by Gasteiger charge is 2.24. The standard InChI is InChI=1S/C12H16ClFN2O.ClH/c13-9-1-2-12(17)10(7-9)11(8-14)16-5-3-15-4-6-16;/h1-2,7,11,15,17H,3-6,8H2;1H/t11-;/m1./s1. The van der Waals surface area contributed by atoms with Crippen molar-refractivity contribution < 1.29 is 9.50 Å². The summed E-state index contributed by atoms with van der Waals surface area (Å²) in [5, 5.41) is 13.5. The van der Waals surface area contributed by atoms with Gasteiger partial charge in [0.05, 0.1) is 6.04 Å². The summed E-state index contributed by atoms with van der Waals surface area (Å²) in [6, 6.07) is 4.36. The van der Waals surface area contributed by atoms with Gasteiger partial charge in [-0.1, -0.05) is 11.6 Å². The Labute approximate surface area is 117 Å². The van der Waals surface area contributed by atoms with Crippen LogP contribution in [0.2, 0.25) is 5.02 Å². The van der Waals surface area contributed by atoms with Crippen molar-refractivity contribution in [1.29, 1.82) is 0 Å². The van der Waals surface area contributed by atoms with E-state index in [9.17, 15) is 9.50 Å². The Bertz CT molecular complexity index is 386. The summed E-state index contributed by atoms with van der Waals surface area (Å²) < 4.78 is 13.2. The number of nitrogens with one attached hydrogen (secondary N) is 1. The van der Waals surface area contributed by atoms with Gasteiger partial charge in [0.25, 0.3) is 0 Å². The number of aromatic hydroxyl groups is 1. The Kier molecular flexibility index (Phi) is 6.15. The van der Waals surface area contributed by atoms with Crippen LogP contribution < -0.4 is 5.32 Å². The first-order chi connectivity index (χ1) is 8.22. The summed E-state index contributed by atoms with van der Waals surface area (Å²) in [6.07, 6.45) is 0. The molecule has 0 radical (unpaired) electrons. The number of nitrogens with zero attached hydrogens (tertiary/aromatic N) is 1. The van der Waals surface area contributed by atoms with Gasteiger partial charge in [-0.2, -0.15) is 0 Å². The largest absolute Gasteiger partial charge is 0.508 e. The van der Waals surface area contributed by atoms with Crippen molar-refractivity contribution in [2.45, 2.75) is 6.04 Å². The molecule has 0 aliphatic carbocycles. The van der Waals surface area contributed by atoms with Crippen LogP contribution >= 0.6 is 24.0 Å². The number of rotatable bonds is 3. The first-order valence-corrected chi connectivity index (χ1v) is 6.09. The van der Waals surface area contributed by atoms with E-state index in [4.69, 9.17) is 11.6 Å². The van der Waals surface area contributed by atoms with E-state index < -0.39 is 12.7 Å². The molecule has 1 aliphatic rings. The van der Waals surface area contributed by atoms with Crippen LogP contribution in [0.15, 0.2) is 18.2 Å². The van der Waals surface area contributed by atoms with Crippen molar-refractivity contribution in [3.63, 3.8) is 0 Å². The van der Waals surface area contributed by atoms with E-state index in [1.54, 1.807) is 12.1 Å². The normalized spacial score (nSPS) is 18.1. The lowest BCUT2D eigenvalue weighted by Crippen LogP contribution is -2.45. The molecule has 1 saturated heterocycles. The number of benzene rings is 1. The summed E-state index contributed by atoms with van der Waals surface area (Å²) in [5.41, 5.74) is 0.571. The summed E-state index contributed by atoms with van der Waals surface area (Å²) in [5.74, 6) is 0.107. The second-order valence-corrected chi connectivity index (χ2v) is 4.60. The Morgan fingerprint density at radius 2 is 2.06 bits per heavy atom. The van der Waals surface area contributed by atoms with Crippen molar-refractivity contribution >= 4 is 24.0 Å². The van der Waals surface area contributed by atoms with E-state index in [-0.39, 0.29) is 18.2 Å². The van der Waals surface area contributed by atoms with Crippen LogP contribution in [0.25, 0.3) is 0 Å². The molecule has 1 atom stereocenters. The molecule has 0 saturated carbocycles. The number of hydrogen-bond donors (Lipinski definition) is 2. The molecule has 1 aliphatic heterocycles. The second-order valence-electron chi connectivity index (χ2n) is 4.16. The van der Waals surface area contributed by atoms with Crippen LogP contribution in [0.4, 0.5) is 4.39 Å². The van der Waals surface area contributed by atoms with Crippen molar-refractivity contribution in [2.24, 2.45) is 0 Å². The molecule has 0 amide bonds. The minimum atomic E-state index is -0.520. The minimum absolute atomic E-state index is 0. The number of alkyl halides is 1. The molecule has 1 heterocycles. The van der Waals surface area contributed by atoms with Crippen LogP contribution in [0.1, 0.15) is 11.6 Å². The topological polar surface area (TPSA) is 35.5 Å². The van der Waals surface area contributed by atoms with E-state index in [0.717, 1.165) is 26.2 Å². The van der Waals surface area contributed by atoms with Gasteiger partial charge in [-0.3, -0.25) is 4.90 Å². The number of phenols is 1. The molecule has 0 aromatic heterocycles. The van der Waals surface area contributed by atoms with Gasteiger partial charge >= 0.3 is 0 Å². The fraction of sp³-hybridized carbons (Fsp3) is 0.500. The molecule has 1 aromatic carbocycles. The van der Waals surface area contributed by atoms with Crippen LogP contribution in [0.5, 0.6) is 5.75 Å². The molecule has 0 bridgehead atoms. The van der Waals surface area contributed by atoms with Gasteiger partial charge in [-0.05, 0) is 18.2 Å².